The summed E-state index contributed by atoms with van der Waals surface area (Å²) in [5, 5.41) is 0. The predicted octanol–water partition coefficient (Wildman–Crippen LogP) is 5.07. The monoisotopic (exact) mass is 438 g/mol. The number of amides is 1. The summed E-state index contributed by atoms with van der Waals surface area (Å²) in [6.45, 7) is 2.51. The van der Waals surface area contributed by atoms with Gasteiger partial charge >= 0.3 is 0 Å². The maximum Gasteiger partial charge on any atom is 0.261 e. The molecule has 1 amide bonds. The second-order valence-electron chi connectivity index (χ2n) is 7.11. The number of anilines is 2. The lowest BCUT2D eigenvalue weighted by molar-refractivity contribution is -0.117. The van der Waals surface area contributed by atoms with Gasteiger partial charge in [0, 0.05) is 28.4 Å². The van der Waals surface area contributed by atoms with Crippen molar-refractivity contribution >= 4 is 39.1 Å². The van der Waals surface area contributed by atoms with Gasteiger partial charge in [0.15, 0.2) is 0 Å². The van der Waals surface area contributed by atoms with Crippen LogP contribution < -0.4 is 9.62 Å². The Balaban J connectivity index is 1.59. The first-order chi connectivity index (χ1) is 14.4. The highest BCUT2D eigenvalue weighted by Gasteiger charge is 2.24. The lowest BCUT2D eigenvalue weighted by Crippen LogP contribution is -2.24. The zero-order chi connectivity index (χ0) is 21.1. The van der Waals surface area contributed by atoms with Gasteiger partial charge in [-0.15, -0.1) is 0 Å². The van der Waals surface area contributed by atoms with Crippen LogP contribution in [-0.2, 0) is 14.8 Å². The van der Waals surface area contributed by atoms with E-state index in [4.69, 9.17) is 0 Å². The molecule has 0 aliphatic carbocycles. The number of sulfonamides is 1. The van der Waals surface area contributed by atoms with Crippen LogP contribution >= 0.6 is 11.8 Å². The van der Waals surface area contributed by atoms with Gasteiger partial charge in [-0.3, -0.25) is 9.52 Å². The van der Waals surface area contributed by atoms with Crippen LogP contribution in [0.2, 0.25) is 0 Å². The van der Waals surface area contributed by atoms with Gasteiger partial charge < -0.3 is 4.90 Å². The summed E-state index contributed by atoms with van der Waals surface area (Å²) in [7, 11) is -3.77. The topological polar surface area (TPSA) is 66.5 Å². The second kappa shape index (κ2) is 8.53. The van der Waals surface area contributed by atoms with E-state index in [0.717, 1.165) is 27.5 Å². The highest BCUT2D eigenvalue weighted by atomic mass is 32.2. The normalized spacial score (nSPS) is 14.2. The fraction of sp³-hybridized carbons (Fsp3) is 0.174. The number of aryl methyl sites for hydroxylation is 1. The Hall–Kier alpha value is -2.77. The van der Waals surface area contributed by atoms with Crippen LogP contribution in [0.15, 0.2) is 87.5 Å². The smallest absolute Gasteiger partial charge is 0.261 e. The maximum absolute atomic E-state index is 13.1. The molecule has 0 spiro atoms. The molecule has 1 fully saturated rings. The SMILES string of the molecule is Cc1cc(S(=O)(=O)Nc2ccccc2Sc2ccccc2)ccc1N1CCCC1=O. The number of nitrogens with zero attached hydrogens (tertiary/aromatic N) is 1. The Morgan fingerprint density at radius 3 is 2.40 bits per heavy atom. The Morgan fingerprint density at radius 1 is 0.967 bits per heavy atom. The van der Waals surface area contributed by atoms with Gasteiger partial charge in [0.25, 0.3) is 10.0 Å². The van der Waals surface area contributed by atoms with Gasteiger partial charge in [-0.25, -0.2) is 8.42 Å². The van der Waals surface area contributed by atoms with Gasteiger partial charge in [0.05, 0.1) is 10.6 Å². The lowest BCUT2D eigenvalue weighted by atomic mass is 10.2. The first-order valence-corrected chi connectivity index (χ1v) is 12.0. The highest BCUT2D eigenvalue weighted by molar-refractivity contribution is 7.99. The third kappa shape index (κ3) is 4.37. The lowest BCUT2D eigenvalue weighted by Gasteiger charge is -2.19. The molecule has 0 radical (unpaired) electrons. The quantitative estimate of drug-likeness (QED) is 0.583. The largest absolute Gasteiger partial charge is 0.312 e. The van der Waals surface area contributed by atoms with Crippen LogP contribution in [-0.4, -0.2) is 20.9 Å². The van der Waals surface area contributed by atoms with E-state index in [2.05, 4.69) is 4.72 Å². The van der Waals surface area contributed by atoms with Crippen molar-refractivity contribution < 1.29 is 13.2 Å². The highest BCUT2D eigenvalue weighted by Crippen LogP contribution is 2.35. The molecular weight excluding hydrogens is 416 g/mol. The molecule has 30 heavy (non-hydrogen) atoms. The fourth-order valence-corrected chi connectivity index (χ4v) is 5.61. The first-order valence-electron chi connectivity index (χ1n) is 9.70. The third-order valence-corrected chi connectivity index (χ3v) is 7.39. The molecule has 0 saturated carbocycles. The van der Waals surface area contributed by atoms with Crippen LogP contribution in [0, 0.1) is 6.92 Å². The molecule has 1 aliphatic rings. The van der Waals surface area contributed by atoms with Crippen molar-refractivity contribution in [1.82, 2.24) is 0 Å². The number of rotatable bonds is 6. The number of para-hydroxylation sites is 1. The molecule has 3 aromatic rings. The molecule has 4 rings (SSSR count). The van der Waals surface area contributed by atoms with Crippen LogP contribution in [0.1, 0.15) is 18.4 Å². The molecule has 0 bridgehead atoms. The summed E-state index contributed by atoms with van der Waals surface area (Å²) in [5.74, 6) is 0.0821. The molecule has 7 heteroatoms. The number of carbonyl (C=O) groups excluding carboxylic acids is 1. The summed E-state index contributed by atoms with van der Waals surface area (Å²) < 4.78 is 28.8. The molecule has 0 aromatic heterocycles. The summed E-state index contributed by atoms with van der Waals surface area (Å²) in [5.41, 5.74) is 2.07. The standard InChI is InChI=1S/C23H22N2O3S2/c1-17-16-19(13-14-21(17)25-15-7-12-23(25)26)30(27,28)24-20-10-5-6-11-22(20)29-18-8-3-2-4-9-18/h2-6,8-11,13-14,16,24H,7,12,15H2,1H3. The van der Waals surface area contributed by atoms with Crippen LogP contribution in [0.5, 0.6) is 0 Å². The fourth-order valence-electron chi connectivity index (χ4n) is 3.46. The van der Waals surface area contributed by atoms with E-state index in [9.17, 15) is 13.2 Å². The molecule has 1 N–H and O–H groups in total. The first kappa shape index (κ1) is 20.5. The van der Waals surface area contributed by atoms with E-state index in [1.165, 1.54) is 11.8 Å². The Bertz CT molecular complexity index is 1180. The second-order valence-corrected chi connectivity index (χ2v) is 9.91. The zero-order valence-corrected chi connectivity index (χ0v) is 18.2. The Labute approximate surface area is 181 Å². The van der Waals surface area contributed by atoms with E-state index >= 15 is 0 Å². The van der Waals surface area contributed by atoms with Gasteiger partial charge in [0.2, 0.25) is 5.91 Å². The number of benzene rings is 3. The third-order valence-electron chi connectivity index (χ3n) is 4.95. The molecule has 1 heterocycles. The molecule has 1 aliphatic heterocycles. The van der Waals surface area contributed by atoms with Crippen molar-refractivity contribution in [3.63, 3.8) is 0 Å². The molecule has 1 saturated heterocycles. The van der Waals surface area contributed by atoms with Crippen molar-refractivity contribution in [3.05, 3.63) is 78.4 Å². The zero-order valence-electron chi connectivity index (χ0n) is 16.5. The summed E-state index contributed by atoms with van der Waals surface area (Å²) >= 11 is 1.50. The van der Waals surface area contributed by atoms with E-state index < -0.39 is 10.0 Å². The van der Waals surface area contributed by atoms with Gasteiger partial charge in [-0.1, -0.05) is 42.1 Å². The Kier molecular flexibility index (Phi) is 5.83. The van der Waals surface area contributed by atoms with E-state index in [1.807, 2.05) is 49.4 Å². The molecule has 154 valence electrons. The van der Waals surface area contributed by atoms with Crippen molar-refractivity contribution in [2.24, 2.45) is 0 Å². The van der Waals surface area contributed by atoms with E-state index in [0.29, 0.717) is 18.7 Å². The average molecular weight is 439 g/mol. The van der Waals surface area contributed by atoms with Crippen molar-refractivity contribution in [2.45, 2.75) is 34.5 Å². The number of hydrogen-bond donors (Lipinski definition) is 1. The van der Waals surface area contributed by atoms with Gasteiger partial charge in [-0.2, -0.15) is 0 Å². The Morgan fingerprint density at radius 2 is 1.70 bits per heavy atom. The van der Waals surface area contributed by atoms with Gasteiger partial charge in [-0.05, 0) is 61.4 Å². The average Bonchev–Trinajstić information content (AvgIpc) is 3.15. The van der Waals surface area contributed by atoms with Gasteiger partial charge in [0.1, 0.15) is 0 Å². The number of nitrogens with one attached hydrogen (secondary N) is 1. The van der Waals surface area contributed by atoms with Crippen molar-refractivity contribution in [3.8, 4) is 0 Å². The van der Waals surface area contributed by atoms with Crippen molar-refractivity contribution in [1.29, 1.82) is 0 Å². The van der Waals surface area contributed by atoms with Crippen LogP contribution in [0.4, 0.5) is 11.4 Å². The van der Waals surface area contributed by atoms with E-state index in [1.54, 1.807) is 35.2 Å². The molecule has 0 atom stereocenters. The van der Waals surface area contributed by atoms with Crippen molar-refractivity contribution in [2.75, 3.05) is 16.2 Å². The summed E-state index contributed by atoms with van der Waals surface area (Å²) in [6.07, 6.45) is 1.37. The molecule has 0 unspecified atom stereocenters. The molecular formula is C23H22N2O3S2. The maximum atomic E-state index is 13.1. The minimum absolute atomic E-state index is 0.0821. The predicted molar refractivity (Wildman–Crippen MR) is 121 cm³/mol. The van der Waals surface area contributed by atoms with E-state index in [-0.39, 0.29) is 10.8 Å². The van der Waals surface area contributed by atoms with Crippen LogP contribution in [0.25, 0.3) is 0 Å². The number of carbonyl (C=O) groups is 1. The minimum Gasteiger partial charge on any atom is -0.312 e. The minimum atomic E-state index is -3.77. The summed E-state index contributed by atoms with van der Waals surface area (Å²) in [4.78, 5) is 15.8. The molecule has 5 nitrogen and oxygen atoms in total. The van der Waals surface area contributed by atoms with Crippen LogP contribution in [0.3, 0.4) is 0 Å². The number of hydrogen-bond acceptors (Lipinski definition) is 4. The summed E-state index contributed by atoms with van der Waals surface area (Å²) in [6, 6.07) is 22.0. The molecule has 3 aromatic carbocycles.